The normalized spacial score (nSPS) is 11.8. The van der Waals surface area contributed by atoms with Crippen molar-refractivity contribution in [3.05, 3.63) is 53.2 Å². The van der Waals surface area contributed by atoms with Crippen LogP contribution in [0.2, 0.25) is 5.22 Å². The molecule has 0 aliphatic rings. The zero-order valence-corrected chi connectivity index (χ0v) is 10.0. The molecule has 0 saturated heterocycles. The Morgan fingerprint density at radius 3 is 2.71 bits per heavy atom. The Morgan fingerprint density at radius 2 is 2.18 bits per heavy atom. The van der Waals surface area contributed by atoms with Crippen molar-refractivity contribution in [3.8, 4) is 6.07 Å². The first-order valence-electron chi connectivity index (χ1n) is 4.68. The second-order valence-corrected chi connectivity index (χ2v) is 3.90. The molecular formula is C12H6Cl2N2O. The molecular weight excluding hydrogens is 259 g/mol. The highest BCUT2D eigenvalue weighted by molar-refractivity contribution is 6.53. The minimum atomic E-state index is 0.215. The highest BCUT2D eigenvalue weighted by Gasteiger charge is 2.12. The minimum absolute atomic E-state index is 0.215. The maximum Gasteiger partial charge on any atom is 0.193 e. The number of rotatable bonds is 2. The van der Waals surface area contributed by atoms with E-state index in [1.807, 2.05) is 6.07 Å². The van der Waals surface area contributed by atoms with Gasteiger partial charge in [0.1, 0.15) is 16.9 Å². The maximum atomic E-state index is 9.12. The first kappa shape index (κ1) is 11.7. The van der Waals surface area contributed by atoms with Gasteiger partial charge in [0, 0.05) is 18.0 Å². The van der Waals surface area contributed by atoms with Crippen molar-refractivity contribution in [3.63, 3.8) is 0 Å². The Kier molecular flexibility index (Phi) is 3.48. The highest BCUT2D eigenvalue weighted by Crippen LogP contribution is 2.31. The number of hydrogen-bond donors (Lipinski definition) is 0. The Hall–Kier alpha value is -1.76. The molecule has 0 saturated carbocycles. The van der Waals surface area contributed by atoms with Gasteiger partial charge in [-0.05, 0) is 29.8 Å². The number of nitriles is 1. The van der Waals surface area contributed by atoms with Crippen LogP contribution in [0.15, 0.2) is 41.1 Å². The number of hydrogen-bond acceptors (Lipinski definition) is 3. The van der Waals surface area contributed by atoms with Crippen molar-refractivity contribution < 1.29 is 4.42 Å². The second-order valence-electron chi connectivity index (χ2n) is 3.15. The summed E-state index contributed by atoms with van der Waals surface area (Å²) >= 11 is 11.8. The Labute approximate surface area is 108 Å². The molecule has 0 amide bonds. The van der Waals surface area contributed by atoms with E-state index in [4.69, 9.17) is 32.9 Å². The van der Waals surface area contributed by atoms with Crippen LogP contribution in [-0.2, 0) is 0 Å². The number of furan rings is 1. The molecule has 0 unspecified atom stereocenters. The lowest BCUT2D eigenvalue weighted by atomic mass is 10.1. The molecule has 0 aromatic carbocycles. The summed E-state index contributed by atoms with van der Waals surface area (Å²) in [4.78, 5) is 3.93. The lowest BCUT2D eigenvalue weighted by Crippen LogP contribution is -1.85. The molecule has 0 radical (unpaired) electrons. The van der Waals surface area contributed by atoms with Gasteiger partial charge >= 0.3 is 0 Å². The van der Waals surface area contributed by atoms with Crippen LogP contribution < -0.4 is 0 Å². The summed E-state index contributed by atoms with van der Waals surface area (Å²) < 4.78 is 5.15. The molecule has 0 bridgehead atoms. The quantitative estimate of drug-likeness (QED) is 0.772. The van der Waals surface area contributed by atoms with Crippen molar-refractivity contribution in [2.45, 2.75) is 0 Å². The molecule has 2 aromatic heterocycles. The van der Waals surface area contributed by atoms with Gasteiger partial charge in [-0.3, -0.25) is 4.98 Å². The van der Waals surface area contributed by atoms with E-state index in [-0.39, 0.29) is 10.3 Å². The zero-order valence-electron chi connectivity index (χ0n) is 8.52. The fraction of sp³-hybridized carbons (Fsp3) is 0. The van der Waals surface area contributed by atoms with Crippen molar-refractivity contribution in [1.29, 1.82) is 5.26 Å². The van der Waals surface area contributed by atoms with Gasteiger partial charge in [0.05, 0.1) is 5.57 Å². The largest absolute Gasteiger partial charge is 0.444 e. The average molecular weight is 265 g/mol. The Balaban J connectivity index is 2.52. The summed E-state index contributed by atoms with van der Waals surface area (Å²) in [6.07, 6.45) is 3.18. The van der Waals surface area contributed by atoms with Crippen molar-refractivity contribution in [2.75, 3.05) is 0 Å². The lowest BCUT2D eigenvalue weighted by Gasteiger charge is -2.00. The van der Waals surface area contributed by atoms with Gasteiger partial charge < -0.3 is 4.42 Å². The van der Waals surface area contributed by atoms with E-state index in [2.05, 4.69) is 4.98 Å². The van der Waals surface area contributed by atoms with Crippen LogP contribution in [0.1, 0.15) is 11.3 Å². The van der Waals surface area contributed by atoms with Crippen molar-refractivity contribution >= 4 is 33.8 Å². The van der Waals surface area contributed by atoms with Gasteiger partial charge in [-0.15, -0.1) is 0 Å². The summed E-state index contributed by atoms with van der Waals surface area (Å²) in [6.45, 7) is 0. The number of aromatic nitrogens is 1. The molecule has 0 aliphatic carbocycles. The summed E-state index contributed by atoms with van der Waals surface area (Å²) in [7, 11) is 0. The van der Waals surface area contributed by atoms with E-state index in [1.54, 1.807) is 36.7 Å². The molecule has 0 spiro atoms. The van der Waals surface area contributed by atoms with Crippen molar-refractivity contribution in [1.82, 2.24) is 4.98 Å². The average Bonchev–Trinajstić information content (AvgIpc) is 2.78. The first-order valence-corrected chi connectivity index (χ1v) is 5.44. The van der Waals surface area contributed by atoms with E-state index in [0.29, 0.717) is 16.9 Å². The van der Waals surface area contributed by atoms with Crippen LogP contribution in [0.25, 0.3) is 10.6 Å². The fourth-order valence-electron chi connectivity index (χ4n) is 1.31. The highest BCUT2D eigenvalue weighted by atomic mass is 35.5. The van der Waals surface area contributed by atoms with Gasteiger partial charge in [-0.2, -0.15) is 5.26 Å². The van der Waals surface area contributed by atoms with Gasteiger partial charge in [0.15, 0.2) is 5.22 Å². The van der Waals surface area contributed by atoms with Gasteiger partial charge in [-0.25, -0.2) is 0 Å². The van der Waals surface area contributed by atoms with E-state index < -0.39 is 0 Å². The molecule has 5 heteroatoms. The number of pyridine rings is 1. The Morgan fingerprint density at radius 1 is 1.35 bits per heavy atom. The number of nitrogens with zero attached hydrogens (tertiary/aromatic N) is 2. The summed E-state index contributed by atoms with van der Waals surface area (Å²) in [5.41, 5.74) is 0.929. The summed E-state index contributed by atoms with van der Waals surface area (Å²) in [5, 5.41) is 9.56. The first-order chi connectivity index (χ1) is 8.22. The molecule has 2 rings (SSSR count). The third-order valence-electron chi connectivity index (χ3n) is 2.07. The fourth-order valence-corrected chi connectivity index (χ4v) is 1.71. The van der Waals surface area contributed by atoms with Gasteiger partial charge in [0.25, 0.3) is 0 Å². The van der Waals surface area contributed by atoms with Gasteiger partial charge in [0.2, 0.25) is 0 Å². The second kappa shape index (κ2) is 5.05. The molecule has 2 heterocycles. The molecule has 3 nitrogen and oxygen atoms in total. The molecule has 17 heavy (non-hydrogen) atoms. The van der Waals surface area contributed by atoms with Crippen LogP contribution in [-0.4, -0.2) is 4.98 Å². The molecule has 0 atom stereocenters. The van der Waals surface area contributed by atoms with Gasteiger partial charge in [-0.1, -0.05) is 17.7 Å². The van der Waals surface area contributed by atoms with Crippen LogP contribution in [0.5, 0.6) is 0 Å². The SMILES string of the molecule is N#C/C(=C(/Cl)c1ccc(Cl)o1)c1cccnc1. The molecule has 0 aliphatic heterocycles. The third kappa shape index (κ3) is 2.50. The topological polar surface area (TPSA) is 49.8 Å². The summed E-state index contributed by atoms with van der Waals surface area (Å²) in [5.74, 6) is 0.358. The van der Waals surface area contributed by atoms with E-state index in [0.717, 1.165) is 0 Å². The van der Waals surface area contributed by atoms with Crippen LogP contribution in [0.4, 0.5) is 0 Å². The van der Waals surface area contributed by atoms with Crippen LogP contribution in [0.3, 0.4) is 0 Å². The molecule has 0 N–H and O–H groups in total. The van der Waals surface area contributed by atoms with E-state index in [9.17, 15) is 0 Å². The number of halogens is 2. The standard InChI is InChI=1S/C12H6Cl2N2O/c13-11-4-3-10(17-11)12(14)9(6-15)8-2-1-5-16-7-8/h1-5,7H/b12-9-. The third-order valence-corrected chi connectivity index (χ3v) is 2.65. The molecule has 0 fully saturated rings. The predicted octanol–water partition coefficient (Wildman–Crippen LogP) is 3.96. The Bertz CT molecular complexity index is 596. The van der Waals surface area contributed by atoms with E-state index in [1.165, 1.54) is 0 Å². The predicted molar refractivity (Wildman–Crippen MR) is 66.2 cm³/mol. The minimum Gasteiger partial charge on any atom is -0.444 e. The number of allylic oxidation sites excluding steroid dienone is 1. The van der Waals surface area contributed by atoms with Crippen molar-refractivity contribution in [2.24, 2.45) is 0 Å². The zero-order chi connectivity index (χ0) is 12.3. The lowest BCUT2D eigenvalue weighted by molar-refractivity contribution is 0.558. The molecule has 2 aromatic rings. The maximum absolute atomic E-state index is 9.12. The summed E-state index contributed by atoms with van der Waals surface area (Å²) in [6, 6.07) is 8.68. The van der Waals surface area contributed by atoms with E-state index >= 15 is 0 Å². The van der Waals surface area contributed by atoms with Crippen LogP contribution in [0, 0.1) is 11.3 Å². The smallest absolute Gasteiger partial charge is 0.193 e. The molecule has 84 valence electrons. The monoisotopic (exact) mass is 264 g/mol. The van der Waals surface area contributed by atoms with Crippen LogP contribution >= 0.6 is 23.2 Å².